The Balaban J connectivity index is 1.60. The van der Waals surface area contributed by atoms with Gasteiger partial charge in [-0.15, -0.1) is 0 Å². The van der Waals surface area contributed by atoms with Gasteiger partial charge in [-0.1, -0.05) is 117 Å². The smallest absolute Gasteiger partial charge is 0.102 e. The summed E-state index contributed by atoms with van der Waals surface area (Å²) >= 11 is 0. The summed E-state index contributed by atoms with van der Waals surface area (Å²) in [5.74, 6) is 0. The van der Waals surface area contributed by atoms with Crippen LogP contribution in [0, 0.1) is 0 Å². The lowest BCUT2D eigenvalue weighted by Gasteiger charge is -2.43. The molecule has 0 atom stereocenters. The minimum Gasteiger partial charge on any atom is -0.370 e. The summed E-state index contributed by atoms with van der Waals surface area (Å²) in [7, 11) is 0. The van der Waals surface area contributed by atoms with Gasteiger partial charge in [0.25, 0.3) is 0 Å². The maximum absolute atomic E-state index is 5.81. The van der Waals surface area contributed by atoms with Gasteiger partial charge >= 0.3 is 0 Å². The van der Waals surface area contributed by atoms with Crippen LogP contribution in [0.15, 0.2) is 0 Å². The molecule has 0 amide bonds. The monoisotopic (exact) mass is 567 g/mol. The van der Waals surface area contributed by atoms with E-state index in [9.17, 15) is 0 Å². The predicted octanol–water partition coefficient (Wildman–Crippen LogP) is 9.30. The van der Waals surface area contributed by atoms with Crippen LogP contribution < -0.4 is 0 Å². The van der Waals surface area contributed by atoms with Crippen molar-refractivity contribution in [2.24, 2.45) is 0 Å². The number of rotatable bonds is 27. The Morgan fingerprint density at radius 3 is 0.825 bits per heavy atom. The molecule has 40 heavy (non-hydrogen) atoms. The summed E-state index contributed by atoms with van der Waals surface area (Å²) in [4.78, 5) is 0. The lowest BCUT2D eigenvalue weighted by atomic mass is 10.1. The third-order valence-corrected chi connectivity index (χ3v) is 10.3. The zero-order valence-electron chi connectivity index (χ0n) is 27.8. The maximum Gasteiger partial charge on any atom is 0.102 e. The van der Waals surface area contributed by atoms with Gasteiger partial charge in [-0.3, -0.25) is 0 Å². The first-order valence-electron chi connectivity index (χ1n) is 18.6. The van der Waals surface area contributed by atoms with Crippen molar-refractivity contribution >= 4 is 0 Å². The summed E-state index contributed by atoms with van der Waals surface area (Å²) in [6.07, 6.45) is 31.6. The molecule has 0 unspecified atom stereocenters. The molecule has 0 aromatic heterocycles. The molecular formula is C36H74N2O2+2. The number of ether oxygens (including phenoxy) is 2. The zero-order chi connectivity index (χ0) is 28.5. The van der Waals surface area contributed by atoms with E-state index in [2.05, 4.69) is 13.8 Å². The highest BCUT2D eigenvalue weighted by Crippen LogP contribution is 2.21. The third-order valence-electron chi connectivity index (χ3n) is 10.3. The second kappa shape index (κ2) is 24.3. The molecule has 0 spiro atoms. The fraction of sp³-hybridized carbons (Fsp3) is 1.00. The quantitative estimate of drug-likeness (QED) is 0.0728. The van der Waals surface area contributed by atoms with Crippen LogP contribution in [0.1, 0.15) is 155 Å². The molecule has 2 heterocycles. The van der Waals surface area contributed by atoms with Crippen molar-refractivity contribution in [3.8, 4) is 0 Å². The highest BCUT2D eigenvalue weighted by atomic mass is 16.5. The van der Waals surface area contributed by atoms with Crippen LogP contribution in [0.25, 0.3) is 0 Å². The van der Waals surface area contributed by atoms with Crippen LogP contribution in [0.3, 0.4) is 0 Å². The predicted molar refractivity (Wildman–Crippen MR) is 174 cm³/mol. The molecular weight excluding hydrogens is 492 g/mol. The van der Waals surface area contributed by atoms with Crippen LogP contribution in [0.2, 0.25) is 0 Å². The van der Waals surface area contributed by atoms with Gasteiger partial charge < -0.3 is 18.4 Å². The first-order valence-corrected chi connectivity index (χ1v) is 18.6. The van der Waals surface area contributed by atoms with E-state index in [1.54, 1.807) is 0 Å². The Morgan fingerprint density at radius 2 is 0.550 bits per heavy atom. The molecule has 2 rings (SSSR count). The van der Waals surface area contributed by atoms with Crippen molar-refractivity contribution in [3.05, 3.63) is 0 Å². The molecule has 4 nitrogen and oxygen atoms in total. The Bertz CT molecular complexity index is 495. The van der Waals surface area contributed by atoms with Gasteiger partial charge in [0, 0.05) is 12.8 Å². The summed E-state index contributed by atoms with van der Waals surface area (Å²) in [6, 6.07) is 0. The fourth-order valence-electron chi connectivity index (χ4n) is 7.34. The maximum atomic E-state index is 5.81. The molecule has 2 fully saturated rings. The second-order valence-electron chi connectivity index (χ2n) is 13.8. The van der Waals surface area contributed by atoms with Crippen molar-refractivity contribution in [1.29, 1.82) is 0 Å². The number of unbranched alkanes of at least 4 members (excludes halogenated alkanes) is 19. The summed E-state index contributed by atoms with van der Waals surface area (Å²) < 4.78 is 14.3. The summed E-state index contributed by atoms with van der Waals surface area (Å²) in [5, 5.41) is 0. The lowest BCUT2D eigenvalue weighted by Crippen LogP contribution is -2.57. The van der Waals surface area contributed by atoms with Gasteiger partial charge in [0.15, 0.2) is 0 Å². The average Bonchev–Trinajstić information content (AvgIpc) is 2.98. The van der Waals surface area contributed by atoms with Gasteiger partial charge in [-0.05, 0) is 25.7 Å². The summed E-state index contributed by atoms with van der Waals surface area (Å²) in [5.41, 5.74) is 0. The van der Waals surface area contributed by atoms with Gasteiger partial charge in [0.1, 0.15) is 26.2 Å². The SMILES string of the molecule is CCCCCCCCCCCC[N+]1(CCCC[N+]2(CCCCCCCCCCCC)CCOCC2)CCOCC1. The average molecular weight is 567 g/mol. The van der Waals surface area contributed by atoms with Gasteiger partial charge in [-0.2, -0.15) is 0 Å². The second-order valence-corrected chi connectivity index (χ2v) is 13.8. The van der Waals surface area contributed by atoms with Gasteiger partial charge in [-0.25, -0.2) is 0 Å². The fourth-order valence-corrected chi connectivity index (χ4v) is 7.34. The molecule has 2 aliphatic rings. The lowest BCUT2D eigenvalue weighted by molar-refractivity contribution is -0.941. The van der Waals surface area contributed by atoms with E-state index in [1.807, 2.05) is 0 Å². The number of hydrogen-bond donors (Lipinski definition) is 0. The van der Waals surface area contributed by atoms with Crippen LogP contribution in [0.5, 0.6) is 0 Å². The Hall–Kier alpha value is -0.160. The molecule has 0 aliphatic carbocycles. The standard InChI is InChI=1S/C36H74N2O2/c1-3-5-7-9-11-13-15-17-19-21-25-37(29-33-39-34-30-37)27-23-24-28-38(31-35-40-36-32-38)26-22-20-18-16-14-12-10-8-6-4-2/h3-36H2,1-2H3/q+2. The zero-order valence-corrected chi connectivity index (χ0v) is 27.8. The summed E-state index contributed by atoms with van der Waals surface area (Å²) in [6.45, 7) is 19.1. The minimum absolute atomic E-state index is 0.980. The van der Waals surface area contributed by atoms with Crippen LogP contribution >= 0.6 is 0 Å². The van der Waals surface area contributed by atoms with E-state index in [-0.39, 0.29) is 0 Å². The van der Waals surface area contributed by atoms with Crippen molar-refractivity contribution in [3.63, 3.8) is 0 Å². The van der Waals surface area contributed by atoms with E-state index >= 15 is 0 Å². The molecule has 4 heteroatoms. The van der Waals surface area contributed by atoms with Crippen molar-refractivity contribution < 1.29 is 18.4 Å². The molecule has 0 aromatic rings. The topological polar surface area (TPSA) is 18.5 Å². The van der Waals surface area contributed by atoms with E-state index < -0.39 is 0 Å². The Morgan fingerprint density at radius 1 is 0.325 bits per heavy atom. The third kappa shape index (κ3) is 17.1. The number of nitrogens with zero attached hydrogens (tertiary/aromatic N) is 2. The molecule has 0 bridgehead atoms. The first kappa shape index (κ1) is 36.0. The first-order chi connectivity index (χ1) is 19.7. The largest absolute Gasteiger partial charge is 0.370 e. The molecule has 0 saturated carbocycles. The van der Waals surface area contributed by atoms with Crippen LogP contribution in [-0.2, 0) is 9.47 Å². The number of quaternary nitrogens is 2. The van der Waals surface area contributed by atoms with Gasteiger partial charge in [0.2, 0.25) is 0 Å². The Kier molecular flexibility index (Phi) is 21.9. The van der Waals surface area contributed by atoms with Crippen molar-refractivity contribution in [1.82, 2.24) is 0 Å². The van der Waals surface area contributed by atoms with E-state index in [1.165, 1.54) is 203 Å². The highest BCUT2D eigenvalue weighted by molar-refractivity contribution is 4.57. The van der Waals surface area contributed by atoms with E-state index in [0.717, 1.165) is 26.4 Å². The molecule has 238 valence electrons. The van der Waals surface area contributed by atoms with E-state index in [0.29, 0.717) is 0 Å². The molecule has 2 aliphatic heterocycles. The van der Waals surface area contributed by atoms with Crippen LogP contribution in [-0.4, -0.2) is 87.8 Å². The molecule has 0 radical (unpaired) electrons. The molecule has 0 N–H and O–H groups in total. The van der Waals surface area contributed by atoms with E-state index in [4.69, 9.17) is 9.47 Å². The Labute approximate surface area is 252 Å². The number of morpholine rings is 2. The van der Waals surface area contributed by atoms with Crippen molar-refractivity contribution in [2.75, 3.05) is 78.8 Å². The number of hydrogen-bond acceptors (Lipinski definition) is 2. The van der Waals surface area contributed by atoms with Crippen LogP contribution in [0.4, 0.5) is 0 Å². The molecule has 0 aromatic carbocycles. The molecule has 2 saturated heterocycles. The highest BCUT2D eigenvalue weighted by Gasteiger charge is 2.32. The minimum atomic E-state index is 0.980. The normalized spacial score (nSPS) is 18.8. The van der Waals surface area contributed by atoms with Crippen molar-refractivity contribution in [2.45, 2.75) is 155 Å². The van der Waals surface area contributed by atoms with Gasteiger partial charge in [0.05, 0.1) is 52.6 Å².